The first kappa shape index (κ1) is 21.4. The molecule has 0 aliphatic carbocycles. The average Bonchev–Trinajstić information content (AvgIpc) is 2.70. The Balaban J connectivity index is 2.20. The molecule has 2 rings (SSSR count). The Morgan fingerprint density at radius 1 is 1.11 bits per heavy atom. The number of carbonyl (C=O) groups excluding carboxylic acids is 1. The van der Waals surface area contributed by atoms with Crippen LogP contribution in [-0.2, 0) is 0 Å². The van der Waals surface area contributed by atoms with Gasteiger partial charge in [-0.1, -0.05) is 0 Å². The van der Waals surface area contributed by atoms with Gasteiger partial charge in [-0.25, -0.2) is 5.43 Å². The number of methoxy groups -OCH3 is 3. The fourth-order valence-electron chi connectivity index (χ4n) is 2.38. The number of hydrogen-bond donors (Lipinski definition) is 2. The number of nitrogens with one attached hydrogen (secondary N) is 1. The summed E-state index contributed by atoms with van der Waals surface area (Å²) < 4.78 is 21.5. The van der Waals surface area contributed by atoms with E-state index in [9.17, 15) is 9.90 Å². The van der Waals surface area contributed by atoms with Gasteiger partial charge in [0.15, 0.2) is 23.0 Å². The third kappa shape index (κ3) is 4.86. The van der Waals surface area contributed by atoms with Crippen LogP contribution in [0, 0.1) is 0 Å². The number of hydrazone groups is 1. The maximum atomic E-state index is 12.4. The second-order valence-corrected chi connectivity index (χ2v) is 6.25. The van der Waals surface area contributed by atoms with Crippen molar-refractivity contribution in [1.82, 2.24) is 5.43 Å². The summed E-state index contributed by atoms with van der Waals surface area (Å²) >= 11 is 3.25. The molecule has 2 aromatic rings. The Morgan fingerprint density at radius 3 is 2.29 bits per heavy atom. The molecule has 2 N–H and O–H groups in total. The number of carbonyl (C=O) groups is 1. The molecule has 0 unspecified atom stereocenters. The molecule has 150 valence electrons. The van der Waals surface area contributed by atoms with Crippen molar-refractivity contribution in [3.63, 3.8) is 0 Å². The predicted octanol–water partition coefficient (Wildman–Crippen LogP) is 3.34. The van der Waals surface area contributed by atoms with E-state index >= 15 is 0 Å². The maximum Gasteiger partial charge on any atom is 0.271 e. The number of hydrogen-bond acceptors (Lipinski definition) is 7. The molecule has 0 aromatic heterocycles. The Morgan fingerprint density at radius 2 is 1.75 bits per heavy atom. The van der Waals surface area contributed by atoms with Gasteiger partial charge in [-0.05, 0) is 52.7 Å². The van der Waals surface area contributed by atoms with Gasteiger partial charge < -0.3 is 24.1 Å². The smallest absolute Gasteiger partial charge is 0.271 e. The van der Waals surface area contributed by atoms with Crippen LogP contribution in [0.25, 0.3) is 0 Å². The summed E-state index contributed by atoms with van der Waals surface area (Å²) in [6.45, 7) is 2.21. The molecule has 0 aliphatic heterocycles. The number of phenolic OH excluding ortho intramolecular Hbond substituents is 1. The number of ether oxygens (including phenoxy) is 4. The van der Waals surface area contributed by atoms with Crippen LogP contribution in [-0.4, -0.2) is 45.2 Å². The number of rotatable bonds is 8. The number of halogens is 1. The second-order valence-electron chi connectivity index (χ2n) is 5.40. The lowest BCUT2D eigenvalue weighted by molar-refractivity contribution is 0.0954. The third-order valence-electron chi connectivity index (χ3n) is 3.66. The lowest BCUT2D eigenvalue weighted by Gasteiger charge is -2.13. The molecular formula is C19H21BrN2O6. The normalized spacial score (nSPS) is 10.6. The van der Waals surface area contributed by atoms with E-state index in [-0.39, 0.29) is 11.3 Å². The summed E-state index contributed by atoms with van der Waals surface area (Å²) in [6, 6.07) is 6.30. The van der Waals surface area contributed by atoms with E-state index in [0.717, 1.165) is 0 Å². The van der Waals surface area contributed by atoms with E-state index in [1.165, 1.54) is 39.7 Å². The SMILES string of the molecule is CCOc1cc(/C=N/NC(=O)c2cc(OC)c(OC)c(OC)c2)cc(Br)c1O. The average molecular weight is 453 g/mol. The quantitative estimate of drug-likeness (QED) is 0.470. The molecule has 8 nitrogen and oxygen atoms in total. The van der Waals surface area contributed by atoms with Gasteiger partial charge in [0.05, 0.1) is 38.6 Å². The predicted molar refractivity (Wildman–Crippen MR) is 108 cm³/mol. The third-order valence-corrected chi connectivity index (χ3v) is 4.26. The summed E-state index contributed by atoms with van der Waals surface area (Å²) in [7, 11) is 4.42. The number of amides is 1. The molecule has 0 atom stereocenters. The largest absolute Gasteiger partial charge is 0.503 e. The van der Waals surface area contributed by atoms with Crippen LogP contribution in [0.5, 0.6) is 28.7 Å². The molecule has 0 fully saturated rings. The number of nitrogens with zero attached hydrogens (tertiary/aromatic N) is 1. The molecule has 0 spiro atoms. The second kappa shape index (κ2) is 9.84. The number of benzene rings is 2. The van der Waals surface area contributed by atoms with Crippen LogP contribution in [0.3, 0.4) is 0 Å². The minimum atomic E-state index is -0.460. The minimum Gasteiger partial charge on any atom is -0.503 e. The molecule has 0 saturated carbocycles. The van der Waals surface area contributed by atoms with Crippen molar-refractivity contribution in [2.75, 3.05) is 27.9 Å². The minimum absolute atomic E-state index is 0.000425. The summed E-state index contributed by atoms with van der Waals surface area (Å²) in [4.78, 5) is 12.4. The van der Waals surface area contributed by atoms with Crippen LogP contribution >= 0.6 is 15.9 Å². The molecule has 0 heterocycles. The molecule has 9 heteroatoms. The van der Waals surface area contributed by atoms with Crippen LogP contribution in [0.4, 0.5) is 0 Å². The van der Waals surface area contributed by atoms with Crippen LogP contribution in [0.2, 0.25) is 0 Å². The highest BCUT2D eigenvalue weighted by molar-refractivity contribution is 9.10. The highest BCUT2D eigenvalue weighted by atomic mass is 79.9. The maximum absolute atomic E-state index is 12.4. The van der Waals surface area contributed by atoms with Crippen LogP contribution in [0.1, 0.15) is 22.8 Å². The molecule has 0 saturated heterocycles. The highest BCUT2D eigenvalue weighted by Gasteiger charge is 2.16. The molecule has 2 aromatic carbocycles. The molecule has 0 bridgehead atoms. The topological polar surface area (TPSA) is 98.6 Å². The monoisotopic (exact) mass is 452 g/mol. The lowest BCUT2D eigenvalue weighted by Crippen LogP contribution is -2.18. The Kier molecular flexibility index (Phi) is 7.51. The first-order chi connectivity index (χ1) is 13.4. The zero-order chi connectivity index (χ0) is 20.7. The fraction of sp³-hybridized carbons (Fsp3) is 0.263. The number of phenols is 1. The molecular weight excluding hydrogens is 432 g/mol. The standard InChI is InChI=1S/C19H21BrN2O6/c1-5-28-14-7-11(6-13(20)17(14)23)10-21-22-19(24)12-8-15(25-2)18(27-4)16(9-12)26-3/h6-10,23H,5H2,1-4H3,(H,22,24)/b21-10+. The summed E-state index contributed by atoms with van der Waals surface area (Å²) in [5.74, 6) is 0.968. The van der Waals surface area contributed by atoms with Crippen molar-refractivity contribution in [2.45, 2.75) is 6.92 Å². The van der Waals surface area contributed by atoms with Gasteiger partial charge in [-0.2, -0.15) is 5.10 Å². The van der Waals surface area contributed by atoms with E-state index in [4.69, 9.17) is 18.9 Å². The first-order valence-corrected chi connectivity index (χ1v) is 9.03. The summed E-state index contributed by atoms with van der Waals surface area (Å²) in [5.41, 5.74) is 3.34. The molecule has 0 radical (unpaired) electrons. The Labute approximate surface area is 171 Å². The molecule has 0 aliphatic rings. The van der Waals surface area contributed by atoms with Gasteiger partial charge in [0.2, 0.25) is 5.75 Å². The van der Waals surface area contributed by atoms with E-state index in [2.05, 4.69) is 26.5 Å². The Bertz CT molecular complexity index is 860. The highest BCUT2D eigenvalue weighted by Crippen LogP contribution is 2.38. The fourth-order valence-corrected chi connectivity index (χ4v) is 2.84. The van der Waals surface area contributed by atoms with Gasteiger partial charge in [0.25, 0.3) is 5.91 Å². The van der Waals surface area contributed by atoms with Crippen molar-refractivity contribution in [2.24, 2.45) is 5.10 Å². The lowest BCUT2D eigenvalue weighted by atomic mass is 10.1. The first-order valence-electron chi connectivity index (χ1n) is 8.23. The number of aromatic hydroxyl groups is 1. The van der Waals surface area contributed by atoms with E-state index in [1.54, 1.807) is 12.1 Å². The Hall–Kier alpha value is -2.94. The zero-order valence-corrected chi connectivity index (χ0v) is 17.5. The van der Waals surface area contributed by atoms with E-state index < -0.39 is 5.91 Å². The van der Waals surface area contributed by atoms with E-state index in [0.29, 0.717) is 39.6 Å². The van der Waals surface area contributed by atoms with Gasteiger partial charge in [-0.15, -0.1) is 0 Å². The van der Waals surface area contributed by atoms with Gasteiger partial charge in [0, 0.05) is 5.56 Å². The van der Waals surface area contributed by atoms with E-state index in [1.807, 2.05) is 6.92 Å². The summed E-state index contributed by atoms with van der Waals surface area (Å²) in [5, 5.41) is 13.9. The van der Waals surface area contributed by atoms with Crippen LogP contribution < -0.4 is 24.4 Å². The van der Waals surface area contributed by atoms with Crippen molar-refractivity contribution in [1.29, 1.82) is 0 Å². The molecule has 1 amide bonds. The molecule has 28 heavy (non-hydrogen) atoms. The van der Waals surface area contributed by atoms with Crippen molar-refractivity contribution < 1.29 is 28.8 Å². The summed E-state index contributed by atoms with van der Waals surface area (Å²) in [6.07, 6.45) is 1.43. The zero-order valence-electron chi connectivity index (χ0n) is 15.9. The van der Waals surface area contributed by atoms with Gasteiger partial charge >= 0.3 is 0 Å². The van der Waals surface area contributed by atoms with Crippen molar-refractivity contribution >= 4 is 28.1 Å². The van der Waals surface area contributed by atoms with Gasteiger partial charge in [0.1, 0.15) is 0 Å². The van der Waals surface area contributed by atoms with Crippen LogP contribution in [0.15, 0.2) is 33.8 Å². The van der Waals surface area contributed by atoms with Crippen molar-refractivity contribution in [3.05, 3.63) is 39.9 Å². The van der Waals surface area contributed by atoms with Crippen molar-refractivity contribution in [3.8, 4) is 28.7 Å². The van der Waals surface area contributed by atoms with Gasteiger partial charge in [-0.3, -0.25) is 4.79 Å².